The van der Waals surface area contributed by atoms with Crippen LogP contribution < -0.4 is 0 Å². The lowest BCUT2D eigenvalue weighted by atomic mass is 10.2. The molecule has 14 heteroatoms. The van der Waals surface area contributed by atoms with Gasteiger partial charge in [0, 0.05) is 4.90 Å². The molecule has 0 saturated heterocycles. The molecule has 2 aromatic heterocycles. The highest BCUT2D eigenvalue weighted by atomic mass is 35.5. The largest absolute Gasteiger partial charge is 0.394 e. The van der Waals surface area contributed by atoms with Gasteiger partial charge in [0.2, 0.25) is 5.13 Å². The molecule has 3 N–H and O–H groups in total. The number of thiazole rings is 1. The van der Waals surface area contributed by atoms with Crippen LogP contribution in [0.5, 0.6) is 0 Å². The quantitative estimate of drug-likeness (QED) is 0.272. The average molecular weight is 527 g/mol. The molecule has 174 valence electrons. The van der Waals surface area contributed by atoms with Crippen LogP contribution >= 0.6 is 46.3 Å². The third kappa shape index (κ3) is 6.35. The molecule has 0 spiro atoms. The molecule has 3 aromatic rings. The molecule has 2 heterocycles. The highest BCUT2D eigenvalue weighted by molar-refractivity contribution is 7.99. The van der Waals surface area contributed by atoms with Gasteiger partial charge in [-0.15, -0.1) is 5.10 Å². The number of halogens is 4. The zero-order valence-electron chi connectivity index (χ0n) is 16.4. The SMILES string of the molecule is C[C@@H](O)C(CO)OC(Sc1ccc(Cl)c(Cl)c1)[C@@H](O)Cn1cc(-c2nc(F)c(F)s2)nn1. The molecule has 0 aliphatic heterocycles. The fourth-order valence-electron chi connectivity index (χ4n) is 2.52. The van der Waals surface area contributed by atoms with Crippen molar-refractivity contribution in [2.45, 2.75) is 42.1 Å². The number of hydrogen-bond donors (Lipinski definition) is 3. The van der Waals surface area contributed by atoms with Gasteiger partial charge in [0.05, 0.1) is 35.5 Å². The highest BCUT2D eigenvalue weighted by Crippen LogP contribution is 2.33. The maximum Gasteiger partial charge on any atom is 0.260 e. The molecule has 32 heavy (non-hydrogen) atoms. The fraction of sp³-hybridized carbons (Fsp3) is 0.389. The van der Waals surface area contributed by atoms with Crippen molar-refractivity contribution in [2.24, 2.45) is 0 Å². The molecule has 0 aliphatic rings. The minimum atomic E-state index is -1.22. The summed E-state index contributed by atoms with van der Waals surface area (Å²) < 4.78 is 33.4. The van der Waals surface area contributed by atoms with Crippen LogP contribution in [-0.4, -0.2) is 65.7 Å². The first-order valence-electron chi connectivity index (χ1n) is 9.14. The van der Waals surface area contributed by atoms with E-state index in [9.17, 15) is 24.1 Å². The lowest BCUT2D eigenvalue weighted by Gasteiger charge is -2.28. The number of aromatic nitrogens is 4. The van der Waals surface area contributed by atoms with Crippen molar-refractivity contribution < 1.29 is 28.8 Å². The van der Waals surface area contributed by atoms with Gasteiger partial charge in [0.1, 0.15) is 23.3 Å². The Morgan fingerprint density at radius 2 is 2.00 bits per heavy atom. The molecule has 0 fully saturated rings. The van der Waals surface area contributed by atoms with Crippen LogP contribution in [-0.2, 0) is 11.3 Å². The summed E-state index contributed by atoms with van der Waals surface area (Å²) in [7, 11) is 0. The van der Waals surface area contributed by atoms with E-state index >= 15 is 0 Å². The van der Waals surface area contributed by atoms with Crippen LogP contribution in [0.3, 0.4) is 0 Å². The Morgan fingerprint density at radius 3 is 2.59 bits per heavy atom. The summed E-state index contributed by atoms with van der Waals surface area (Å²) in [6, 6.07) is 4.86. The Morgan fingerprint density at radius 1 is 1.25 bits per heavy atom. The van der Waals surface area contributed by atoms with Crippen LogP contribution in [0.25, 0.3) is 10.7 Å². The average Bonchev–Trinajstić information content (AvgIpc) is 3.33. The van der Waals surface area contributed by atoms with Crippen LogP contribution in [0.4, 0.5) is 8.78 Å². The number of nitrogens with zero attached hydrogens (tertiary/aromatic N) is 4. The molecule has 0 bridgehead atoms. The predicted octanol–water partition coefficient (Wildman–Crippen LogP) is 3.22. The van der Waals surface area contributed by atoms with Gasteiger partial charge in [0.15, 0.2) is 5.01 Å². The Bertz CT molecular complexity index is 1040. The lowest BCUT2D eigenvalue weighted by Crippen LogP contribution is -2.39. The molecule has 0 saturated carbocycles. The second-order valence-electron chi connectivity index (χ2n) is 6.64. The Hall–Kier alpha value is -1.38. The Labute approximate surface area is 199 Å². The zero-order valence-corrected chi connectivity index (χ0v) is 19.5. The number of thioether (sulfide) groups is 1. The van der Waals surface area contributed by atoms with Gasteiger partial charge in [0.25, 0.3) is 5.95 Å². The highest BCUT2D eigenvalue weighted by Gasteiger charge is 2.28. The number of ether oxygens (including phenoxy) is 1. The molecule has 3 rings (SSSR count). The molecule has 0 aliphatic carbocycles. The minimum absolute atomic E-state index is 0.00757. The van der Waals surface area contributed by atoms with Gasteiger partial charge >= 0.3 is 0 Å². The number of aliphatic hydroxyl groups excluding tert-OH is 3. The van der Waals surface area contributed by atoms with E-state index in [1.807, 2.05) is 0 Å². The van der Waals surface area contributed by atoms with Crippen LogP contribution in [0, 0.1) is 11.1 Å². The first-order valence-corrected chi connectivity index (χ1v) is 11.6. The summed E-state index contributed by atoms with van der Waals surface area (Å²) in [4.78, 5) is 4.06. The number of benzene rings is 1. The third-order valence-corrected chi connectivity index (χ3v) is 6.93. The van der Waals surface area contributed by atoms with Gasteiger partial charge in [-0.1, -0.05) is 51.5 Å². The van der Waals surface area contributed by atoms with Crippen molar-refractivity contribution in [1.29, 1.82) is 0 Å². The summed E-state index contributed by atoms with van der Waals surface area (Å²) in [6.07, 6.45) is -1.78. The van der Waals surface area contributed by atoms with Gasteiger partial charge in [-0.25, -0.2) is 9.67 Å². The van der Waals surface area contributed by atoms with Gasteiger partial charge < -0.3 is 20.1 Å². The van der Waals surface area contributed by atoms with Gasteiger partial charge in [-0.05, 0) is 25.1 Å². The summed E-state index contributed by atoms with van der Waals surface area (Å²) in [5, 5.41) is 37.4. The fourth-order valence-corrected chi connectivity index (χ4v) is 4.55. The molecule has 0 radical (unpaired) electrons. The van der Waals surface area contributed by atoms with Crippen molar-refractivity contribution in [3.05, 3.63) is 45.5 Å². The Kier molecular flexibility index (Phi) is 8.81. The summed E-state index contributed by atoms with van der Waals surface area (Å²) in [5.74, 6) is -1.22. The van der Waals surface area contributed by atoms with Gasteiger partial charge in [-0.2, -0.15) is 8.78 Å². The predicted molar refractivity (Wildman–Crippen MR) is 117 cm³/mol. The zero-order chi connectivity index (χ0) is 23.4. The van der Waals surface area contributed by atoms with E-state index < -0.39 is 41.4 Å². The van der Waals surface area contributed by atoms with Crippen molar-refractivity contribution in [3.63, 3.8) is 0 Å². The van der Waals surface area contributed by atoms with Crippen molar-refractivity contribution in [1.82, 2.24) is 20.0 Å². The smallest absolute Gasteiger partial charge is 0.260 e. The first kappa shape index (κ1) is 25.2. The minimum Gasteiger partial charge on any atom is -0.394 e. The van der Waals surface area contributed by atoms with E-state index in [0.29, 0.717) is 26.3 Å². The topological polar surface area (TPSA) is 114 Å². The van der Waals surface area contributed by atoms with E-state index in [2.05, 4.69) is 15.3 Å². The van der Waals surface area contributed by atoms with Crippen LogP contribution in [0.1, 0.15) is 6.92 Å². The molecule has 2 unspecified atom stereocenters. The van der Waals surface area contributed by atoms with E-state index in [4.69, 9.17) is 27.9 Å². The summed E-state index contributed by atoms with van der Waals surface area (Å²) in [6.45, 7) is 0.863. The molecule has 1 aromatic carbocycles. The maximum absolute atomic E-state index is 13.2. The second kappa shape index (κ2) is 11.2. The molecule has 8 nitrogen and oxygen atoms in total. The monoisotopic (exact) mass is 526 g/mol. The number of aliphatic hydroxyl groups is 3. The Balaban J connectivity index is 1.77. The summed E-state index contributed by atoms with van der Waals surface area (Å²) >= 11 is 13.6. The molecule has 4 atom stereocenters. The van der Waals surface area contributed by atoms with Gasteiger partial charge in [-0.3, -0.25) is 0 Å². The molecular formula is C18H18Cl2F2N4O4S2. The van der Waals surface area contributed by atoms with Crippen LogP contribution in [0.2, 0.25) is 10.0 Å². The first-order chi connectivity index (χ1) is 15.2. The summed E-state index contributed by atoms with van der Waals surface area (Å²) in [5.41, 5.74) is -0.821. The maximum atomic E-state index is 13.2. The number of hydrogen-bond acceptors (Lipinski definition) is 9. The van der Waals surface area contributed by atoms with Crippen molar-refractivity contribution in [2.75, 3.05) is 6.61 Å². The number of rotatable bonds is 10. The van der Waals surface area contributed by atoms with Crippen molar-refractivity contribution in [3.8, 4) is 10.7 Å². The van der Waals surface area contributed by atoms with E-state index in [1.165, 1.54) is 17.8 Å². The second-order valence-corrected chi connectivity index (χ2v) is 9.57. The molecule has 0 amide bonds. The third-order valence-electron chi connectivity index (χ3n) is 4.16. The standard InChI is InChI=1S/C18H18Cl2F2N4O4S2/c1-8(28)14(7-27)30-18(31-9-2-3-10(19)11(20)4-9)13(29)6-26-5-12(24-25-26)17-23-15(21)16(22)32-17/h2-5,8,13-14,18,27-29H,6-7H2,1H3/t8-,13+,14?,18?/m1/s1. The normalized spacial score (nSPS) is 15.5. The van der Waals surface area contributed by atoms with E-state index in [0.717, 1.165) is 11.8 Å². The van der Waals surface area contributed by atoms with Crippen molar-refractivity contribution >= 4 is 46.3 Å². The van der Waals surface area contributed by atoms with Crippen LogP contribution in [0.15, 0.2) is 29.3 Å². The van der Waals surface area contributed by atoms with E-state index in [-0.39, 0.29) is 17.2 Å². The molecular weight excluding hydrogens is 509 g/mol. The van der Waals surface area contributed by atoms with E-state index in [1.54, 1.807) is 18.2 Å². The lowest BCUT2D eigenvalue weighted by molar-refractivity contribution is -0.0972.